The average molecular weight is 271 g/mol. The number of carboxylic acids is 1. The molecule has 7 heteroatoms. The van der Waals surface area contributed by atoms with Crippen LogP contribution in [0.5, 0.6) is 0 Å². The zero-order chi connectivity index (χ0) is 14.3. The summed E-state index contributed by atoms with van der Waals surface area (Å²) in [6.07, 6.45) is 0.468. The van der Waals surface area contributed by atoms with Crippen molar-refractivity contribution >= 4 is 5.97 Å². The maximum absolute atomic E-state index is 11.0. The molecule has 1 aromatic rings. The molecule has 0 aliphatic rings. The van der Waals surface area contributed by atoms with E-state index in [0.717, 1.165) is 0 Å². The standard InChI is InChI=1S/C12H21N3O4/c1-9(2)8-19-7-5-15-10(4-6-18-3)11(12(16)17)13-14-15/h9H,4-8H2,1-3H3,(H,16,17). The second-order valence-electron chi connectivity index (χ2n) is 4.62. The van der Waals surface area contributed by atoms with Crippen LogP contribution in [-0.2, 0) is 22.4 Å². The summed E-state index contributed by atoms with van der Waals surface area (Å²) in [5.41, 5.74) is 0.559. The molecule has 0 amide bonds. The van der Waals surface area contributed by atoms with Crippen molar-refractivity contribution in [3.63, 3.8) is 0 Å². The molecule has 0 radical (unpaired) electrons. The van der Waals surface area contributed by atoms with Crippen molar-refractivity contribution in [1.82, 2.24) is 15.0 Å². The first-order chi connectivity index (χ1) is 9.06. The van der Waals surface area contributed by atoms with Crippen LogP contribution in [0.1, 0.15) is 30.0 Å². The van der Waals surface area contributed by atoms with Crippen molar-refractivity contribution in [2.45, 2.75) is 26.8 Å². The molecule has 0 saturated carbocycles. The highest BCUT2D eigenvalue weighted by molar-refractivity contribution is 5.86. The van der Waals surface area contributed by atoms with Crippen LogP contribution < -0.4 is 0 Å². The van der Waals surface area contributed by atoms with Crippen LogP contribution in [0.4, 0.5) is 0 Å². The molecule has 7 nitrogen and oxygen atoms in total. The third-order valence-electron chi connectivity index (χ3n) is 2.48. The zero-order valence-electron chi connectivity index (χ0n) is 11.6. The molecule has 0 atom stereocenters. The molecule has 0 fully saturated rings. The highest BCUT2D eigenvalue weighted by atomic mass is 16.5. The van der Waals surface area contributed by atoms with Gasteiger partial charge in [0.15, 0.2) is 5.69 Å². The second-order valence-corrected chi connectivity index (χ2v) is 4.62. The van der Waals surface area contributed by atoms with Gasteiger partial charge in [-0.3, -0.25) is 0 Å². The van der Waals surface area contributed by atoms with Gasteiger partial charge in [0.1, 0.15) is 0 Å². The predicted octanol–water partition coefficient (Wildman–Crippen LogP) is 0.838. The van der Waals surface area contributed by atoms with E-state index in [-0.39, 0.29) is 5.69 Å². The Morgan fingerprint density at radius 1 is 1.42 bits per heavy atom. The first-order valence-electron chi connectivity index (χ1n) is 6.28. The second kappa shape index (κ2) is 7.85. The van der Waals surface area contributed by atoms with Gasteiger partial charge in [-0.15, -0.1) is 5.10 Å². The Hall–Kier alpha value is -1.47. The van der Waals surface area contributed by atoms with Gasteiger partial charge in [-0.25, -0.2) is 9.48 Å². The maximum Gasteiger partial charge on any atom is 0.358 e. The molecule has 0 bridgehead atoms. The van der Waals surface area contributed by atoms with Crippen LogP contribution in [0, 0.1) is 5.92 Å². The fourth-order valence-electron chi connectivity index (χ4n) is 1.59. The zero-order valence-corrected chi connectivity index (χ0v) is 11.6. The summed E-state index contributed by atoms with van der Waals surface area (Å²) < 4.78 is 12.0. The smallest absolute Gasteiger partial charge is 0.358 e. The van der Waals surface area contributed by atoms with Gasteiger partial charge in [-0.2, -0.15) is 0 Å². The minimum atomic E-state index is -1.07. The number of rotatable bonds is 9. The number of nitrogens with zero attached hydrogens (tertiary/aromatic N) is 3. The van der Waals surface area contributed by atoms with Crippen LogP contribution in [0.25, 0.3) is 0 Å². The SMILES string of the molecule is COCCc1c(C(=O)O)nnn1CCOCC(C)C. The monoisotopic (exact) mass is 271 g/mol. The summed E-state index contributed by atoms with van der Waals surface area (Å²) in [7, 11) is 1.57. The highest BCUT2D eigenvalue weighted by Gasteiger charge is 2.18. The molecule has 108 valence electrons. The summed E-state index contributed by atoms with van der Waals surface area (Å²) in [6, 6.07) is 0. The number of hydrogen-bond donors (Lipinski definition) is 1. The van der Waals surface area contributed by atoms with Crippen molar-refractivity contribution in [3.05, 3.63) is 11.4 Å². The van der Waals surface area contributed by atoms with Crippen LogP contribution in [-0.4, -0.2) is 53.0 Å². The van der Waals surface area contributed by atoms with Gasteiger partial charge in [0, 0.05) is 20.1 Å². The molecule has 1 heterocycles. The Balaban J connectivity index is 2.63. The summed E-state index contributed by atoms with van der Waals surface area (Å²) >= 11 is 0. The lowest BCUT2D eigenvalue weighted by Gasteiger charge is -2.09. The van der Waals surface area contributed by atoms with E-state index in [9.17, 15) is 4.79 Å². The molecule has 0 saturated heterocycles. The van der Waals surface area contributed by atoms with Crippen molar-refractivity contribution in [3.8, 4) is 0 Å². The van der Waals surface area contributed by atoms with Gasteiger partial charge in [-0.05, 0) is 5.92 Å². The summed E-state index contributed by atoms with van der Waals surface area (Å²) in [6.45, 7) is 6.23. The van der Waals surface area contributed by atoms with E-state index in [1.807, 2.05) is 0 Å². The number of carboxylic acid groups (broad SMARTS) is 1. The number of hydrogen-bond acceptors (Lipinski definition) is 5. The molecule has 1 N–H and O–H groups in total. The van der Waals surface area contributed by atoms with E-state index in [0.29, 0.717) is 44.4 Å². The normalized spacial score (nSPS) is 11.2. The molecule has 1 aromatic heterocycles. The third-order valence-corrected chi connectivity index (χ3v) is 2.48. The molecule has 0 aliphatic heterocycles. The molecule has 0 unspecified atom stereocenters. The van der Waals surface area contributed by atoms with Crippen LogP contribution >= 0.6 is 0 Å². The Morgan fingerprint density at radius 2 is 2.16 bits per heavy atom. The van der Waals surface area contributed by atoms with Gasteiger partial charge in [-0.1, -0.05) is 19.1 Å². The topological polar surface area (TPSA) is 86.5 Å². The number of ether oxygens (including phenoxy) is 2. The highest BCUT2D eigenvalue weighted by Crippen LogP contribution is 2.07. The Kier molecular flexibility index (Phi) is 6.44. The van der Waals surface area contributed by atoms with Crippen LogP contribution in [0.15, 0.2) is 0 Å². The summed E-state index contributed by atoms with van der Waals surface area (Å²) in [5, 5.41) is 16.6. The molecular formula is C12H21N3O4. The van der Waals surface area contributed by atoms with Gasteiger partial charge < -0.3 is 14.6 Å². The molecular weight excluding hydrogens is 250 g/mol. The number of carbonyl (C=O) groups is 1. The lowest BCUT2D eigenvalue weighted by molar-refractivity contribution is 0.0688. The average Bonchev–Trinajstić information content (AvgIpc) is 2.75. The summed E-state index contributed by atoms with van der Waals surface area (Å²) in [4.78, 5) is 11.0. The Labute approximate surface area is 112 Å². The number of aromatic carboxylic acids is 1. The fraction of sp³-hybridized carbons (Fsp3) is 0.750. The quantitative estimate of drug-likeness (QED) is 0.670. The van der Waals surface area contributed by atoms with Crippen molar-refractivity contribution in [1.29, 1.82) is 0 Å². The summed E-state index contributed by atoms with van der Waals surface area (Å²) in [5.74, 6) is -0.598. The first kappa shape index (κ1) is 15.6. The van der Waals surface area contributed by atoms with E-state index in [4.69, 9.17) is 14.6 Å². The van der Waals surface area contributed by atoms with E-state index in [2.05, 4.69) is 24.2 Å². The van der Waals surface area contributed by atoms with Crippen LogP contribution in [0.3, 0.4) is 0 Å². The van der Waals surface area contributed by atoms with Crippen molar-refractivity contribution in [2.75, 3.05) is 26.9 Å². The van der Waals surface area contributed by atoms with Crippen LogP contribution in [0.2, 0.25) is 0 Å². The molecule has 0 aliphatic carbocycles. The van der Waals surface area contributed by atoms with E-state index >= 15 is 0 Å². The maximum atomic E-state index is 11.0. The third kappa shape index (κ3) is 4.96. The largest absolute Gasteiger partial charge is 0.476 e. The lowest BCUT2D eigenvalue weighted by Crippen LogP contribution is -2.15. The molecule has 19 heavy (non-hydrogen) atoms. The molecule has 0 aromatic carbocycles. The predicted molar refractivity (Wildman–Crippen MR) is 68.2 cm³/mol. The van der Waals surface area contributed by atoms with Gasteiger partial charge in [0.2, 0.25) is 0 Å². The fourth-order valence-corrected chi connectivity index (χ4v) is 1.59. The Morgan fingerprint density at radius 3 is 2.74 bits per heavy atom. The van der Waals surface area contributed by atoms with Gasteiger partial charge in [0.25, 0.3) is 0 Å². The van der Waals surface area contributed by atoms with Crippen molar-refractivity contribution in [2.24, 2.45) is 5.92 Å². The van der Waals surface area contributed by atoms with E-state index in [1.54, 1.807) is 11.8 Å². The van der Waals surface area contributed by atoms with Crippen molar-refractivity contribution < 1.29 is 19.4 Å². The van der Waals surface area contributed by atoms with E-state index < -0.39 is 5.97 Å². The number of methoxy groups -OCH3 is 1. The van der Waals surface area contributed by atoms with Gasteiger partial charge in [0.05, 0.1) is 25.5 Å². The molecule has 1 rings (SSSR count). The minimum Gasteiger partial charge on any atom is -0.476 e. The minimum absolute atomic E-state index is 0.0130. The van der Waals surface area contributed by atoms with E-state index in [1.165, 1.54) is 0 Å². The van der Waals surface area contributed by atoms with Gasteiger partial charge >= 0.3 is 5.97 Å². The Bertz CT molecular complexity index is 404. The first-order valence-corrected chi connectivity index (χ1v) is 6.28. The lowest BCUT2D eigenvalue weighted by atomic mass is 10.2. The molecule has 0 spiro atoms. The number of aromatic nitrogens is 3.